The molecule has 0 fully saturated rings. The molecule has 2 aliphatic carbocycles. The molecule has 0 aromatic heterocycles. The van der Waals surface area contributed by atoms with E-state index in [2.05, 4.69) is 52.0 Å². The summed E-state index contributed by atoms with van der Waals surface area (Å²) in [6, 6.07) is 0. The van der Waals surface area contributed by atoms with Crippen molar-refractivity contribution in [3.8, 4) is 0 Å². The molecule has 2 rings (SSSR count). The number of hydrogen-bond donors (Lipinski definition) is 0. The van der Waals surface area contributed by atoms with E-state index in [1.54, 1.807) is 11.1 Å². The third kappa shape index (κ3) is 4.34. The van der Waals surface area contributed by atoms with Crippen molar-refractivity contribution in [2.24, 2.45) is 11.8 Å². The molecule has 3 heteroatoms. The van der Waals surface area contributed by atoms with Crippen LogP contribution in [0.25, 0.3) is 0 Å². The van der Waals surface area contributed by atoms with E-state index in [0.29, 0.717) is 11.8 Å². The molecule has 0 saturated heterocycles. The second-order valence-corrected chi connectivity index (χ2v) is 10.8. The molecule has 0 unspecified atom stereocenters. The molecule has 0 aromatic carbocycles. The Hall–Kier alpha value is -0.310. The molecule has 0 bridgehead atoms. The van der Waals surface area contributed by atoms with E-state index >= 15 is 0 Å². The fraction of sp³-hybridized carbons (Fsp3) is 0.500. The predicted octanol–water partition coefficient (Wildman–Crippen LogP) is -1.18. The zero-order chi connectivity index (χ0) is 12.4. The van der Waals surface area contributed by atoms with Crippen molar-refractivity contribution in [1.82, 2.24) is 0 Å². The normalized spacial score (nSPS) is 17.2. The van der Waals surface area contributed by atoms with Gasteiger partial charge in [-0.2, -0.15) is 0 Å². The van der Waals surface area contributed by atoms with Crippen LogP contribution in [0.2, 0.25) is 0 Å². The molecule has 0 atom stereocenters. The van der Waals surface area contributed by atoms with Crippen LogP contribution in [0.3, 0.4) is 0 Å². The van der Waals surface area contributed by atoms with Crippen molar-refractivity contribution in [2.75, 3.05) is 0 Å². The van der Waals surface area contributed by atoms with Crippen LogP contribution in [0.15, 0.2) is 42.1 Å². The fourth-order valence-electron chi connectivity index (χ4n) is 2.55. The van der Waals surface area contributed by atoms with Crippen LogP contribution in [0.4, 0.5) is 0 Å². The monoisotopic (exact) mass is 432 g/mol. The molecule has 0 amide bonds. The zero-order valence-electron chi connectivity index (χ0n) is 12.1. The summed E-state index contributed by atoms with van der Waals surface area (Å²) in [5.41, 5.74) is 3.33. The maximum Gasteiger partial charge on any atom is -1.00 e. The molecule has 0 heterocycles. The van der Waals surface area contributed by atoms with Gasteiger partial charge in [0.05, 0.1) is 0 Å². The van der Waals surface area contributed by atoms with E-state index in [0.717, 1.165) is 0 Å². The Kier molecular flexibility index (Phi) is 7.95. The van der Waals surface area contributed by atoms with Gasteiger partial charge in [-0.25, -0.2) is 0 Å². The van der Waals surface area contributed by atoms with Crippen LogP contribution >= 0.6 is 0 Å². The summed E-state index contributed by atoms with van der Waals surface area (Å²) in [4.78, 5) is 0. The van der Waals surface area contributed by atoms with Crippen LogP contribution in [0.1, 0.15) is 40.5 Å². The summed E-state index contributed by atoms with van der Waals surface area (Å²) < 4.78 is 3.69. The maximum absolute atomic E-state index is 2.38. The van der Waals surface area contributed by atoms with Gasteiger partial charge in [-0.3, -0.25) is 0 Å². The minimum atomic E-state index is -0.733. The Morgan fingerprint density at radius 3 is 1.47 bits per heavy atom. The Morgan fingerprint density at radius 2 is 1.16 bits per heavy atom. The van der Waals surface area contributed by atoms with Crippen molar-refractivity contribution in [3.05, 3.63) is 42.1 Å². The van der Waals surface area contributed by atoms with Gasteiger partial charge in [0.15, 0.2) is 0 Å². The number of halogens is 2. The van der Waals surface area contributed by atoms with Gasteiger partial charge in [0.2, 0.25) is 0 Å². The smallest absolute Gasteiger partial charge is 1.00 e. The molecular formula is C16H22F2Hf. The van der Waals surface area contributed by atoms with E-state index in [-0.39, 0.29) is 9.41 Å². The zero-order valence-corrected chi connectivity index (χ0v) is 15.7. The van der Waals surface area contributed by atoms with Gasteiger partial charge in [-0.05, 0) is 0 Å². The SMILES string of the molecule is CC(C)C1=[C]([Hf+2][C]2=C(C(C)C)C=CC2)CC=C1.[F-].[F-]. The largest absolute Gasteiger partial charge is 1.00 e. The van der Waals surface area contributed by atoms with Gasteiger partial charge in [-0.1, -0.05) is 0 Å². The topological polar surface area (TPSA) is 0 Å². The van der Waals surface area contributed by atoms with Crippen molar-refractivity contribution in [3.63, 3.8) is 0 Å². The van der Waals surface area contributed by atoms with Crippen molar-refractivity contribution < 1.29 is 32.3 Å². The van der Waals surface area contributed by atoms with Crippen LogP contribution in [0.5, 0.6) is 0 Å². The molecule has 0 spiro atoms. The van der Waals surface area contributed by atoms with Crippen LogP contribution in [-0.2, 0) is 22.9 Å². The predicted molar refractivity (Wildman–Crippen MR) is 71.2 cm³/mol. The summed E-state index contributed by atoms with van der Waals surface area (Å²) in [5.74, 6) is 1.43. The second-order valence-electron chi connectivity index (χ2n) is 5.52. The summed E-state index contributed by atoms with van der Waals surface area (Å²) in [6.07, 6.45) is 12.0. The third-order valence-electron chi connectivity index (χ3n) is 3.48. The average molecular weight is 431 g/mol. The maximum atomic E-state index is 2.38. The second kappa shape index (κ2) is 8.08. The Bertz CT molecular complexity index is 386. The van der Waals surface area contributed by atoms with Crippen molar-refractivity contribution in [1.29, 1.82) is 0 Å². The Labute approximate surface area is 126 Å². The first-order valence-corrected chi connectivity index (χ1v) is 10.2. The average Bonchev–Trinajstić information content (AvgIpc) is 2.86. The van der Waals surface area contributed by atoms with Gasteiger partial charge < -0.3 is 9.41 Å². The van der Waals surface area contributed by atoms with Crippen molar-refractivity contribution in [2.45, 2.75) is 40.5 Å². The Morgan fingerprint density at radius 1 is 0.789 bits per heavy atom. The molecule has 2 aliphatic rings. The van der Waals surface area contributed by atoms with E-state index in [4.69, 9.17) is 0 Å². The summed E-state index contributed by atoms with van der Waals surface area (Å²) >= 11 is -0.733. The van der Waals surface area contributed by atoms with Crippen molar-refractivity contribution >= 4 is 0 Å². The van der Waals surface area contributed by atoms with Gasteiger partial charge in [0.1, 0.15) is 0 Å². The fourth-order valence-corrected chi connectivity index (χ4v) is 9.15. The van der Waals surface area contributed by atoms with Crippen LogP contribution < -0.4 is 9.41 Å². The first-order chi connectivity index (χ1) is 8.09. The van der Waals surface area contributed by atoms with Crippen LogP contribution in [-0.4, -0.2) is 0 Å². The Balaban J connectivity index is 0.00000162. The quantitative estimate of drug-likeness (QED) is 0.493. The molecule has 0 aromatic rings. The first kappa shape index (κ1) is 18.7. The van der Waals surface area contributed by atoms with Gasteiger partial charge >= 0.3 is 117 Å². The molecule has 0 aliphatic heterocycles. The first-order valence-electron chi connectivity index (χ1n) is 6.65. The standard InChI is InChI=1S/2C8H11.2FH.Hf/c2*1-7(2)8-5-3-4-6-8;;;/h2*3,5,7H,4H2,1-2H3;2*1H;/q;;;;+2/p-2. The molecule has 19 heavy (non-hydrogen) atoms. The van der Waals surface area contributed by atoms with E-state index in [9.17, 15) is 0 Å². The summed E-state index contributed by atoms with van der Waals surface area (Å²) in [5, 5.41) is 0. The van der Waals surface area contributed by atoms with Gasteiger partial charge in [-0.15, -0.1) is 0 Å². The molecule has 0 N–H and O–H groups in total. The van der Waals surface area contributed by atoms with Crippen LogP contribution in [0, 0.1) is 11.8 Å². The van der Waals surface area contributed by atoms with Gasteiger partial charge in [0.25, 0.3) is 0 Å². The number of rotatable bonds is 4. The summed E-state index contributed by atoms with van der Waals surface area (Å²) in [6.45, 7) is 9.33. The van der Waals surface area contributed by atoms with E-state index in [1.807, 2.05) is 6.66 Å². The minimum absolute atomic E-state index is 0. The molecule has 0 saturated carbocycles. The molecular weight excluding hydrogens is 409 g/mol. The third-order valence-corrected chi connectivity index (χ3v) is 9.19. The molecule has 0 radical (unpaired) electrons. The van der Waals surface area contributed by atoms with E-state index < -0.39 is 22.9 Å². The van der Waals surface area contributed by atoms with Gasteiger partial charge in [0, 0.05) is 0 Å². The molecule has 104 valence electrons. The number of hydrogen-bond acceptors (Lipinski definition) is 0. The summed E-state index contributed by atoms with van der Waals surface area (Å²) in [7, 11) is 0. The van der Waals surface area contributed by atoms with E-state index in [1.165, 1.54) is 12.8 Å². The number of allylic oxidation sites excluding steroid dienone is 8. The molecule has 0 nitrogen and oxygen atoms in total. The minimum Gasteiger partial charge on any atom is -1.00 e.